The van der Waals surface area contributed by atoms with Gasteiger partial charge in [-0.05, 0) is 53.0 Å². The third-order valence-corrected chi connectivity index (χ3v) is 4.12. The summed E-state index contributed by atoms with van der Waals surface area (Å²) in [6.07, 6.45) is 0.818. The fraction of sp³-hybridized carbons (Fsp3) is 0.188. The van der Waals surface area contributed by atoms with Crippen LogP contribution in [-0.2, 0) is 6.42 Å². The summed E-state index contributed by atoms with van der Waals surface area (Å²) < 4.78 is 1.69. The Bertz CT molecular complexity index is 599. The molecule has 0 spiro atoms. The Morgan fingerprint density at radius 2 is 1.85 bits per heavy atom. The van der Waals surface area contributed by atoms with Crippen molar-refractivity contribution >= 4 is 37.8 Å². The number of carbonyl (C=O) groups excluding carboxylic acids is 1. The molecule has 0 radical (unpaired) electrons. The molecule has 2 nitrogen and oxygen atoms in total. The van der Waals surface area contributed by atoms with Crippen molar-refractivity contribution in [3.8, 4) is 0 Å². The molecule has 20 heavy (non-hydrogen) atoms. The van der Waals surface area contributed by atoms with Crippen molar-refractivity contribution in [2.45, 2.75) is 19.4 Å². The van der Waals surface area contributed by atoms with E-state index in [2.05, 4.69) is 49.3 Å². The Morgan fingerprint density at radius 3 is 2.55 bits per heavy atom. The first-order valence-electron chi connectivity index (χ1n) is 6.36. The van der Waals surface area contributed by atoms with E-state index in [4.69, 9.17) is 0 Å². The SMILES string of the molecule is CC(Cc1ccccc1)NC(=O)c1cc(Br)ccc1Br. The van der Waals surface area contributed by atoms with E-state index in [9.17, 15) is 4.79 Å². The molecule has 2 aromatic carbocycles. The quantitative estimate of drug-likeness (QED) is 0.805. The third kappa shape index (κ3) is 4.18. The highest BCUT2D eigenvalue weighted by molar-refractivity contribution is 9.11. The molecule has 0 saturated carbocycles. The summed E-state index contributed by atoms with van der Waals surface area (Å²) >= 11 is 6.79. The van der Waals surface area contributed by atoms with Crippen molar-refractivity contribution < 1.29 is 4.79 Å². The van der Waals surface area contributed by atoms with Gasteiger partial charge in [-0.2, -0.15) is 0 Å². The first-order chi connectivity index (χ1) is 9.56. The largest absolute Gasteiger partial charge is 0.349 e. The first-order valence-corrected chi connectivity index (χ1v) is 7.94. The van der Waals surface area contributed by atoms with E-state index in [0.717, 1.165) is 15.4 Å². The van der Waals surface area contributed by atoms with Gasteiger partial charge < -0.3 is 5.32 Å². The molecule has 2 rings (SSSR count). The van der Waals surface area contributed by atoms with Gasteiger partial charge in [0.05, 0.1) is 5.56 Å². The van der Waals surface area contributed by atoms with Crippen molar-refractivity contribution in [2.24, 2.45) is 0 Å². The van der Waals surface area contributed by atoms with Gasteiger partial charge in [0.2, 0.25) is 0 Å². The van der Waals surface area contributed by atoms with Crippen LogP contribution in [0.5, 0.6) is 0 Å². The lowest BCUT2D eigenvalue weighted by Crippen LogP contribution is -2.34. The first kappa shape index (κ1) is 15.3. The topological polar surface area (TPSA) is 29.1 Å². The normalized spacial score (nSPS) is 11.9. The van der Waals surface area contributed by atoms with Crippen molar-refractivity contribution in [1.29, 1.82) is 0 Å². The summed E-state index contributed by atoms with van der Waals surface area (Å²) in [5.41, 5.74) is 1.85. The summed E-state index contributed by atoms with van der Waals surface area (Å²) in [5.74, 6) is -0.0680. The predicted octanol–water partition coefficient (Wildman–Crippen LogP) is 4.57. The number of amides is 1. The summed E-state index contributed by atoms with van der Waals surface area (Å²) in [5, 5.41) is 3.02. The van der Waals surface area contributed by atoms with Gasteiger partial charge in [0, 0.05) is 15.0 Å². The van der Waals surface area contributed by atoms with Crippen LogP contribution in [0.15, 0.2) is 57.5 Å². The van der Waals surface area contributed by atoms with Crippen molar-refractivity contribution in [3.63, 3.8) is 0 Å². The highest BCUT2D eigenvalue weighted by Crippen LogP contribution is 2.21. The van der Waals surface area contributed by atoms with E-state index < -0.39 is 0 Å². The van der Waals surface area contributed by atoms with Gasteiger partial charge in [-0.25, -0.2) is 0 Å². The van der Waals surface area contributed by atoms with Crippen LogP contribution in [0.4, 0.5) is 0 Å². The van der Waals surface area contributed by atoms with Crippen molar-refractivity contribution in [2.75, 3.05) is 0 Å². The number of nitrogens with one attached hydrogen (secondary N) is 1. The average molecular weight is 397 g/mol. The van der Waals surface area contributed by atoms with E-state index in [1.165, 1.54) is 5.56 Å². The number of carbonyl (C=O) groups is 1. The van der Waals surface area contributed by atoms with Crippen LogP contribution in [0.25, 0.3) is 0 Å². The highest BCUT2D eigenvalue weighted by atomic mass is 79.9. The Morgan fingerprint density at radius 1 is 1.15 bits per heavy atom. The molecular formula is C16H15Br2NO. The lowest BCUT2D eigenvalue weighted by atomic mass is 10.1. The van der Waals surface area contributed by atoms with Crippen LogP contribution in [0.3, 0.4) is 0 Å². The van der Waals surface area contributed by atoms with Gasteiger partial charge in [-0.15, -0.1) is 0 Å². The minimum Gasteiger partial charge on any atom is -0.349 e. The minimum absolute atomic E-state index is 0.0680. The molecule has 0 bridgehead atoms. The second kappa shape index (κ2) is 7.04. The Balaban J connectivity index is 2.02. The second-order valence-electron chi connectivity index (χ2n) is 4.69. The molecule has 0 heterocycles. The standard InChI is InChI=1S/C16H15Br2NO/c1-11(9-12-5-3-2-4-6-12)19-16(20)14-10-13(17)7-8-15(14)18/h2-8,10-11H,9H2,1H3,(H,19,20). The molecule has 0 fully saturated rings. The molecule has 1 N–H and O–H groups in total. The van der Waals surface area contributed by atoms with Gasteiger partial charge in [0.25, 0.3) is 5.91 Å². The zero-order valence-corrected chi connectivity index (χ0v) is 14.2. The fourth-order valence-corrected chi connectivity index (χ4v) is 2.78. The molecule has 2 aromatic rings. The molecule has 104 valence electrons. The molecule has 0 aliphatic carbocycles. The van der Waals surface area contributed by atoms with Gasteiger partial charge in [0.15, 0.2) is 0 Å². The zero-order chi connectivity index (χ0) is 14.5. The maximum absolute atomic E-state index is 12.3. The number of rotatable bonds is 4. The van der Waals surface area contributed by atoms with Crippen LogP contribution in [-0.4, -0.2) is 11.9 Å². The van der Waals surface area contributed by atoms with Gasteiger partial charge in [0.1, 0.15) is 0 Å². The third-order valence-electron chi connectivity index (χ3n) is 2.94. The van der Waals surface area contributed by atoms with Crippen molar-refractivity contribution in [3.05, 3.63) is 68.6 Å². The van der Waals surface area contributed by atoms with E-state index in [0.29, 0.717) is 5.56 Å². The van der Waals surface area contributed by atoms with Gasteiger partial charge in [-0.3, -0.25) is 4.79 Å². The summed E-state index contributed by atoms with van der Waals surface area (Å²) in [4.78, 5) is 12.3. The average Bonchev–Trinajstić information content (AvgIpc) is 2.42. The van der Waals surface area contributed by atoms with E-state index in [1.807, 2.05) is 43.3 Å². The summed E-state index contributed by atoms with van der Waals surface area (Å²) in [7, 11) is 0. The Labute approximate surface area is 135 Å². The molecule has 0 aliphatic heterocycles. The van der Waals surface area contributed by atoms with Crippen molar-refractivity contribution in [1.82, 2.24) is 5.32 Å². The lowest BCUT2D eigenvalue weighted by molar-refractivity contribution is 0.0939. The molecule has 1 amide bonds. The summed E-state index contributed by atoms with van der Waals surface area (Å²) in [6.45, 7) is 2.01. The molecule has 1 unspecified atom stereocenters. The molecule has 4 heteroatoms. The van der Waals surface area contributed by atoms with Gasteiger partial charge >= 0.3 is 0 Å². The van der Waals surface area contributed by atoms with Gasteiger partial charge in [-0.1, -0.05) is 46.3 Å². The van der Waals surface area contributed by atoms with E-state index in [-0.39, 0.29) is 11.9 Å². The molecule has 0 aromatic heterocycles. The van der Waals surface area contributed by atoms with Crippen LogP contribution < -0.4 is 5.32 Å². The lowest BCUT2D eigenvalue weighted by Gasteiger charge is -2.15. The number of hydrogen-bond acceptors (Lipinski definition) is 1. The van der Waals surface area contributed by atoms with Crippen LogP contribution >= 0.6 is 31.9 Å². The van der Waals surface area contributed by atoms with E-state index in [1.54, 1.807) is 0 Å². The van der Waals surface area contributed by atoms with E-state index >= 15 is 0 Å². The Hall–Kier alpha value is -1.13. The molecular weight excluding hydrogens is 382 g/mol. The maximum Gasteiger partial charge on any atom is 0.252 e. The molecule has 0 aliphatic rings. The van der Waals surface area contributed by atoms with Crippen LogP contribution in [0.2, 0.25) is 0 Å². The fourth-order valence-electron chi connectivity index (χ4n) is 1.99. The maximum atomic E-state index is 12.3. The monoisotopic (exact) mass is 395 g/mol. The second-order valence-corrected chi connectivity index (χ2v) is 6.46. The molecule has 0 saturated heterocycles. The minimum atomic E-state index is -0.0680. The number of hydrogen-bond donors (Lipinski definition) is 1. The van der Waals surface area contributed by atoms with Crippen LogP contribution in [0.1, 0.15) is 22.8 Å². The predicted molar refractivity (Wildman–Crippen MR) is 88.9 cm³/mol. The zero-order valence-electron chi connectivity index (χ0n) is 11.1. The highest BCUT2D eigenvalue weighted by Gasteiger charge is 2.13. The smallest absolute Gasteiger partial charge is 0.252 e. The number of benzene rings is 2. The van der Waals surface area contributed by atoms with Crippen LogP contribution in [0, 0.1) is 0 Å². The Kier molecular flexibility index (Phi) is 5.38. The number of halogens is 2. The summed E-state index contributed by atoms with van der Waals surface area (Å²) in [6, 6.07) is 15.8. The molecule has 1 atom stereocenters.